The molecule has 2 fully saturated rings. The molecule has 0 spiro atoms. The fourth-order valence-corrected chi connectivity index (χ4v) is 3.90. The van der Waals surface area contributed by atoms with E-state index in [4.69, 9.17) is 0 Å². The third kappa shape index (κ3) is 6.70. The zero-order chi connectivity index (χ0) is 19.6. The van der Waals surface area contributed by atoms with E-state index in [1.54, 1.807) is 6.92 Å². The Morgan fingerprint density at radius 3 is 2.19 bits per heavy atom. The second-order valence-corrected chi connectivity index (χ2v) is 7.74. The number of rotatable bonds is 6. The summed E-state index contributed by atoms with van der Waals surface area (Å²) in [6.45, 7) is 8.45. The first-order valence-corrected chi connectivity index (χ1v) is 10.6. The van der Waals surface area contributed by atoms with Crippen molar-refractivity contribution in [3.8, 4) is 0 Å². The van der Waals surface area contributed by atoms with Crippen molar-refractivity contribution in [1.82, 2.24) is 20.0 Å². The Morgan fingerprint density at radius 1 is 0.852 bits per heavy atom. The highest BCUT2D eigenvalue weighted by molar-refractivity contribution is 5.80. The number of unbranched alkanes of at least 4 members (excludes halogenated alkanes) is 3. The minimum atomic E-state index is -0.00411. The number of carbonyl (C=O) groups excluding carboxylic acids is 3. The summed E-state index contributed by atoms with van der Waals surface area (Å²) in [6, 6.07) is -0.00411. The van der Waals surface area contributed by atoms with E-state index < -0.39 is 0 Å². The fourth-order valence-electron chi connectivity index (χ4n) is 3.90. The summed E-state index contributed by atoms with van der Waals surface area (Å²) in [6.07, 6.45) is 6.90. The Labute approximate surface area is 163 Å². The molecular formula is C20H36N4O3. The van der Waals surface area contributed by atoms with Gasteiger partial charge in [-0.25, -0.2) is 4.79 Å². The van der Waals surface area contributed by atoms with Crippen LogP contribution >= 0.6 is 0 Å². The molecule has 0 atom stereocenters. The van der Waals surface area contributed by atoms with E-state index in [9.17, 15) is 14.4 Å². The molecule has 0 aliphatic carbocycles. The van der Waals surface area contributed by atoms with Gasteiger partial charge < -0.3 is 20.0 Å². The van der Waals surface area contributed by atoms with Crippen molar-refractivity contribution < 1.29 is 14.4 Å². The molecule has 0 aromatic carbocycles. The molecule has 0 aromatic heterocycles. The summed E-state index contributed by atoms with van der Waals surface area (Å²) in [4.78, 5) is 42.2. The van der Waals surface area contributed by atoms with Gasteiger partial charge in [-0.05, 0) is 25.7 Å². The van der Waals surface area contributed by atoms with Gasteiger partial charge in [-0.3, -0.25) is 9.59 Å². The number of urea groups is 1. The molecule has 2 rings (SSSR count). The summed E-state index contributed by atoms with van der Waals surface area (Å²) in [5.74, 6) is 0.298. The lowest BCUT2D eigenvalue weighted by molar-refractivity contribution is -0.140. The van der Waals surface area contributed by atoms with E-state index in [1.807, 2.05) is 14.7 Å². The van der Waals surface area contributed by atoms with Crippen molar-refractivity contribution in [3.05, 3.63) is 0 Å². The van der Waals surface area contributed by atoms with Crippen molar-refractivity contribution in [1.29, 1.82) is 0 Å². The highest BCUT2D eigenvalue weighted by Gasteiger charge is 2.30. The number of likely N-dealkylation sites (tertiary alicyclic amines) is 1. The largest absolute Gasteiger partial charge is 0.343 e. The molecule has 0 unspecified atom stereocenters. The Morgan fingerprint density at radius 2 is 1.52 bits per heavy atom. The third-order valence-corrected chi connectivity index (χ3v) is 5.69. The van der Waals surface area contributed by atoms with E-state index in [0.717, 1.165) is 38.6 Å². The van der Waals surface area contributed by atoms with E-state index in [1.165, 1.54) is 12.8 Å². The summed E-state index contributed by atoms with van der Waals surface area (Å²) in [7, 11) is 0. The fraction of sp³-hybridized carbons (Fsp3) is 0.850. The van der Waals surface area contributed by atoms with Gasteiger partial charge in [0.2, 0.25) is 11.8 Å². The Bertz CT molecular complexity index is 503. The number of hydrogen-bond donors (Lipinski definition) is 1. The minimum absolute atomic E-state index is 0.00411. The molecule has 4 amide bonds. The molecule has 2 aliphatic rings. The lowest BCUT2D eigenvalue weighted by atomic mass is 9.95. The first-order valence-electron chi connectivity index (χ1n) is 10.6. The van der Waals surface area contributed by atoms with Gasteiger partial charge in [0, 0.05) is 58.7 Å². The maximum atomic E-state index is 12.8. The second kappa shape index (κ2) is 11.1. The second-order valence-electron chi connectivity index (χ2n) is 7.74. The molecule has 0 aromatic rings. The van der Waals surface area contributed by atoms with Crippen molar-refractivity contribution in [2.75, 3.05) is 45.8 Å². The highest BCUT2D eigenvalue weighted by atomic mass is 16.2. The molecule has 0 bridgehead atoms. The van der Waals surface area contributed by atoms with Crippen LogP contribution in [0.25, 0.3) is 0 Å². The van der Waals surface area contributed by atoms with Crippen molar-refractivity contribution in [2.24, 2.45) is 5.92 Å². The molecule has 2 heterocycles. The van der Waals surface area contributed by atoms with Gasteiger partial charge in [0.15, 0.2) is 0 Å². The Kier molecular flexibility index (Phi) is 8.88. The van der Waals surface area contributed by atoms with Crippen LogP contribution in [0.4, 0.5) is 4.79 Å². The number of nitrogens with zero attached hydrogens (tertiary/aromatic N) is 3. The Balaban J connectivity index is 1.73. The first-order chi connectivity index (χ1) is 13.0. The molecule has 7 nitrogen and oxygen atoms in total. The zero-order valence-corrected chi connectivity index (χ0v) is 17.0. The van der Waals surface area contributed by atoms with Gasteiger partial charge in [-0.15, -0.1) is 0 Å². The third-order valence-electron chi connectivity index (χ3n) is 5.69. The number of carbonyl (C=O) groups is 3. The van der Waals surface area contributed by atoms with Gasteiger partial charge in [0.25, 0.3) is 0 Å². The minimum Gasteiger partial charge on any atom is -0.343 e. The molecule has 27 heavy (non-hydrogen) atoms. The molecule has 0 radical (unpaired) electrons. The van der Waals surface area contributed by atoms with Gasteiger partial charge in [-0.2, -0.15) is 0 Å². The van der Waals surface area contributed by atoms with Crippen LogP contribution in [0.15, 0.2) is 0 Å². The molecule has 0 saturated carbocycles. The number of nitrogens with one attached hydrogen (secondary N) is 1. The quantitative estimate of drug-likeness (QED) is 0.717. The normalized spacial score (nSPS) is 19.0. The van der Waals surface area contributed by atoms with Crippen molar-refractivity contribution in [3.63, 3.8) is 0 Å². The van der Waals surface area contributed by atoms with Crippen LogP contribution in [0.2, 0.25) is 0 Å². The molecule has 154 valence electrons. The monoisotopic (exact) mass is 380 g/mol. The number of hydrogen-bond acceptors (Lipinski definition) is 3. The Hall–Kier alpha value is -1.79. The molecule has 2 saturated heterocycles. The van der Waals surface area contributed by atoms with Crippen molar-refractivity contribution >= 4 is 17.8 Å². The molecular weight excluding hydrogens is 344 g/mol. The zero-order valence-electron chi connectivity index (χ0n) is 17.0. The standard InChI is InChI=1S/C20H36N4O3/c1-3-4-5-6-10-21-20(27)24-12-7-11-23(15-16-24)19(26)18-8-13-22(14-9-18)17(2)25/h18H,3-16H2,1-2H3,(H,21,27). The predicted molar refractivity (Wildman–Crippen MR) is 105 cm³/mol. The van der Waals surface area contributed by atoms with Gasteiger partial charge in [-0.1, -0.05) is 26.2 Å². The average Bonchev–Trinajstić information content (AvgIpc) is 2.93. The molecule has 1 N–H and O–H groups in total. The van der Waals surface area contributed by atoms with Crippen LogP contribution in [0.1, 0.15) is 58.8 Å². The molecule has 2 aliphatic heterocycles. The van der Waals surface area contributed by atoms with Crippen LogP contribution < -0.4 is 5.32 Å². The SMILES string of the molecule is CCCCCCNC(=O)N1CCCN(C(=O)C2CCN(C(C)=O)CC2)CC1. The van der Waals surface area contributed by atoms with E-state index >= 15 is 0 Å². The lowest BCUT2D eigenvalue weighted by Gasteiger charge is -2.33. The first kappa shape index (κ1) is 21.5. The van der Waals surface area contributed by atoms with Gasteiger partial charge >= 0.3 is 6.03 Å². The predicted octanol–water partition coefficient (Wildman–Crippen LogP) is 2.07. The maximum absolute atomic E-state index is 12.8. The summed E-state index contributed by atoms with van der Waals surface area (Å²) in [5.41, 5.74) is 0. The smallest absolute Gasteiger partial charge is 0.317 e. The summed E-state index contributed by atoms with van der Waals surface area (Å²) < 4.78 is 0. The average molecular weight is 381 g/mol. The van der Waals surface area contributed by atoms with Crippen LogP contribution in [0, 0.1) is 5.92 Å². The van der Waals surface area contributed by atoms with Crippen LogP contribution in [0.5, 0.6) is 0 Å². The van der Waals surface area contributed by atoms with E-state index in [0.29, 0.717) is 39.3 Å². The van der Waals surface area contributed by atoms with Gasteiger partial charge in [0.05, 0.1) is 0 Å². The van der Waals surface area contributed by atoms with Gasteiger partial charge in [0.1, 0.15) is 0 Å². The lowest BCUT2D eigenvalue weighted by Crippen LogP contribution is -2.46. The number of piperidine rings is 1. The summed E-state index contributed by atoms with van der Waals surface area (Å²) in [5, 5.41) is 3.01. The van der Waals surface area contributed by atoms with E-state index in [2.05, 4.69) is 12.2 Å². The highest BCUT2D eigenvalue weighted by Crippen LogP contribution is 2.20. The molecule has 7 heteroatoms. The van der Waals surface area contributed by atoms with E-state index in [-0.39, 0.29) is 23.8 Å². The van der Waals surface area contributed by atoms with Crippen LogP contribution in [-0.2, 0) is 9.59 Å². The van der Waals surface area contributed by atoms with Crippen LogP contribution in [0.3, 0.4) is 0 Å². The number of amides is 4. The maximum Gasteiger partial charge on any atom is 0.317 e. The van der Waals surface area contributed by atoms with Crippen molar-refractivity contribution in [2.45, 2.75) is 58.8 Å². The van der Waals surface area contributed by atoms with Crippen LogP contribution in [-0.4, -0.2) is 78.4 Å². The summed E-state index contributed by atoms with van der Waals surface area (Å²) >= 11 is 0. The topological polar surface area (TPSA) is 73.0 Å².